The van der Waals surface area contributed by atoms with Crippen molar-refractivity contribution in [2.24, 2.45) is 0 Å². The molecule has 0 aliphatic carbocycles. The number of rotatable bonds is 2. The molecule has 3 aromatic rings. The summed E-state index contributed by atoms with van der Waals surface area (Å²) in [5.41, 5.74) is 4.14. The zero-order valence-electron chi connectivity index (χ0n) is 13.4. The van der Waals surface area contributed by atoms with Crippen molar-refractivity contribution in [2.45, 2.75) is 6.42 Å². The van der Waals surface area contributed by atoms with Crippen LogP contribution in [0.15, 0.2) is 54.7 Å². The maximum atomic E-state index is 12.7. The van der Waals surface area contributed by atoms with Gasteiger partial charge in [0.1, 0.15) is 0 Å². The average Bonchev–Trinajstić information content (AvgIpc) is 3.04. The van der Waals surface area contributed by atoms with Crippen molar-refractivity contribution >= 4 is 45.6 Å². The molecule has 0 saturated carbocycles. The molecular formula is C20H16Cl2N2O. The molecular weight excluding hydrogens is 355 g/mol. The minimum atomic E-state index is -0.0429. The molecule has 2 aromatic carbocycles. The lowest BCUT2D eigenvalue weighted by molar-refractivity contribution is 0.0773. The van der Waals surface area contributed by atoms with Gasteiger partial charge < -0.3 is 9.88 Å². The Balaban J connectivity index is 1.56. The number of aromatic amines is 1. The molecule has 0 fully saturated rings. The summed E-state index contributed by atoms with van der Waals surface area (Å²) >= 11 is 12.0. The molecule has 0 atom stereocenters. The first-order chi connectivity index (χ1) is 12.1. The fraction of sp³-hybridized carbons (Fsp3) is 0.150. The lowest BCUT2D eigenvalue weighted by atomic mass is 9.98. The van der Waals surface area contributed by atoms with E-state index in [1.165, 1.54) is 16.5 Å². The third kappa shape index (κ3) is 3.17. The van der Waals surface area contributed by atoms with Gasteiger partial charge in [0.05, 0.1) is 0 Å². The van der Waals surface area contributed by atoms with Gasteiger partial charge in [-0.05, 0) is 36.3 Å². The van der Waals surface area contributed by atoms with Crippen molar-refractivity contribution in [3.05, 3.63) is 75.9 Å². The van der Waals surface area contributed by atoms with E-state index in [1.54, 1.807) is 18.2 Å². The third-order valence-corrected chi connectivity index (χ3v) is 4.98. The highest BCUT2D eigenvalue weighted by atomic mass is 35.5. The third-order valence-electron chi connectivity index (χ3n) is 4.54. The number of amides is 1. The van der Waals surface area contributed by atoms with Crippen LogP contribution in [0, 0.1) is 0 Å². The quantitative estimate of drug-likeness (QED) is 0.643. The second-order valence-electron chi connectivity index (χ2n) is 6.14. The summed E-state index contributed by atoms with van der Waals surface area (Å²) in [5.74, 6) is -0.0429. The lowest BCUT2D eigenvalue weighted by Gasteiger charge is -2.26. The summed E-state index contributed by atoms with van der Waals surface area (Å²) in [6.07, 6.45) is 5.00. The Morgan fingerprint density at radius 1 is 1.08 bits per heavy atom. The number of aromatic nitrogens is 1. The van der Waals surface area contributed by atoms with Crippen molar-refractivity contribution in [1.29, 1.82) is 0 Å². The van der Waals surface area contributed by atoms with E-state index in [-0.39, 0.29) is 5.91 Å². The number of benzene rings is 2. The van der Waals surface area contributed by atoms with Crippen molar-refractivity contribution in [1.82, 2.24) is 9.88 Å². The number of nitrogens with one attached hydrogen (secondary N) is 1. The first kappa shape index (κ1) is 16.2. The predicted octanol–water partition coefficient (Wildman–Crippen LogP) is 5.40. The molecule has 2 heterocycles. The topological polar surface area (TPSA) is 36.1 Å². The van der Waals surface area contributed by atoms with Crippen molar-refractivity contribution in [3.63, 3.8) is 0 Å². The van der Waals surface area contributed by atoms with Crippen molar-refractivity contribution in [3.8, 4) is 0 Å². The number of hydrogen-bond donors (Lipinski definition) is 1. The summed E-state index contributed by atoms with van der Waals surface area (Å²) in [5, 5.41) is 2.17. The molecule has 1 aromatic heterocycles. The number of halogens is 2. The van der Waals surface area contributed by atoms with E-state index in [0.29, 0.717) is 28.7 Å². The van der Waals surface area contributed by atoms with Gasteiger partial charge in [0.2, 0.25) is 0 Å². The molecule has 25 heavy (non-hydrogen) atoms. The Labute approximate surface area is 155 Å². The first-order valence-corrected chi connectivity index (χ1v) is 8.88. The zero-order valence-corrected chi connectivity index (χ0v) is 14.9. The molecule has 4 rings (SSSR count). The molecule has 0 radical (unpaired) electrons. The first-order valence-electron chi connectivity index (χ1n) is 8.13. The standard InChI is InChI=1S/C20H16Cl2N2O/c21-15-9-14(10-16(22)11-15)20(25)24-7-5-13(6-8-24)18-12-23-19-4-2-1-3-17(18)19/h1-5,9-12,23H,6-8H2. The van der Waals surface area contributed by atoms with Crippen LogP contribution in [0.4, 0.5) is 0 Å². The maximum absolute atomic E-state index is 12.7. The zero-order chi connectivity index (χ0) is 17.4. The summed E-state index contributed by atoms with van der Waals surface area (Å²) in [4.78, 5) is 17.8. The number of hydrogen-bond acceptors (Lipinski definition) is 1. The normalized spacial score (nSPS) is 14.6. The van der Waals surface area contributed by atoms with Crippen molar-refractivity contribution in [2.75, 3.05) is 13.1 Å². The van der Waals surface area contributed by atoms with E-state index in [1.807, 2.05) is 23.2 Å². The van der Waals surface area contributed by atoms with E-state index < -0.39 is 0 Å². The average molecular weight is 371 g/mol. The number of fused-ring (bicyclic) bond motifs is 1. The Hall–Kier alpha value is -2.23. The summed E-state index contributed by atoms with van der Waals surface area (Å²) in [7, 11) is 0. The molecule has 0 spiro atoms. The summed E-state index contributed by atoms with van der Waals surface area (Å²) in [6.45, 7) is 1.26. The second kappa shape index (κ2) is 6.58. The van der Waals surface area contributed by atoms with Gasteiger partial charge in [0, 0.05) is 51.4 Å². The van der Waals surface area contributed by atoms with Crippen LogP contribution in [0.25, 0.3) is 16.5 Å². The lowest BCUT2D eigenvalue weighted by Crippen LogP contribution is -2.34. The van der Waals surface area contributed by atoms with E-state index in [2.05, 4.69) is 23.2 Å². The minimum absolute atomic E-state index is 0.0429. The molecule has 126 valence electrons. The van der Waals surface area contributed by atoms with Crippen LogP contribution in [0.5, 0.6) is 0 Å². The van der Waals surface area contributed by atoms with E-state index in [9.17, 15) is 4.79 Å². The Morgan fingerprint density at radius 2 is 1.84 bits per heavy atom. The molecule has 3 nitrogen and oxygen atoms in total. The molecule has 1 N–H and O–H groups in total. The van der Waals surface area contributed by atoms with Crippen LogP contribution in [-0.2, 0) is 0 Å². The monoisotopic (exact) mass is 370 g/mol. The van der Waals surface area contributed by atoms with E-state index >= 15 is 0 Å². The molecule has 1 aliphatic rings. The highest BCUT2D eigenvalue weighted by molar-refractivity contribution is 6.35. The van der Waals surface area contributed by atoms with Crippen molar-refractivity contribution < 1.29 is 4.79 Å². The second-order valence-corrected chi connectivity index (χ2v) is 7.01. The van der Waals surface area contributed by atoms with Crippen LogP contribution in [0.2, 0.25) is 10.0 Å². The SMILES string of the molecule is O=C(c1cc(Cl)cc(Cl)c1)N1CC=C(c2c[nH]c3ccccc23)CC1. The maximum Gasteiger partial charge on any atom is 0.254 e. The van der Waals surface area contributed by atoms with Gasteiger partial charge in [-0.3, -0.25) is 4.79 Å². The number of carbonyl (C=O) groups is 1. The van der Waals surface area contributed by atoms with Gasteiger partial charge in [0.25, 0.3) is 5.91 Å². The molecule has 1 amide bonds. The Kier molecular flexibility index (Phi) is 4.28. The Morgan fingerprint density at radius 3 is 2.56 bits per heavy atom. The number of para-hydroxylation sites is 1. The smallest absolute Gasteiger partial charge is 0.254 e. The number of carbonyl (C=O) groups excluding carboxylic acids is 1. The largest absolute Gasteiger partial charge is 0.361 e. The highest BCUT2D eigenvalue weighted by Gasteiger charge is 2.21. The summed E-state index contributed by atoms with van der Waals surface area (Å²) in [6, 6.07) is 13.2. The molecule has 0 unspecified atom stereocenters. The van der Waals surface area contributed by atoms with Crippen LogP contribution >= 0.6 is 23.2 Å². The van der Waals surface area contributed by atoms with E-state index in [0.717, 1.165) is 11.9 Å². The number of nitrogens with zero attached hydrogens (tertiary/aromatic N) is 1. The highest BCUT2D eigenvalue weighted by Crippen LogP contribution is 2.30. The molecule has 1 aliphatic heterocycles. The molecule has 5 heteroatoms. The molecule has 0 saturated heterocycles. The Bertz CT molecular complexity index is 970. The van der Waals surface area contributed by atoms with Crippen LogP contribution in [0.1, 0.15) is 22.3 Å². The van der Waals surface area contributed by atoms with Gasteiger partial charge in [-0.25, -0.2) is 0 Å². The summed E-state index contributed by atoms with van der Waals surface area (Å²) < 4.78 is 0. The van der Waals surface area contributed by atoms with Gasteiger partial charge in [0.15, 0.2) is 0 Å². The van der Waals surface area contributed by atoms with Gasteiger partial charge >= 0.3 is 0 Å². The fourth-order valence-corrected chi connectivity index (χ4v) is 3.82. The van der Waals surface area contributed by atoms with Crippen LogP contribution in [-0.4, -0.2) is 28.9 Å². The van der Waals surface area contributed by atoms with Gasteiger partial charge in [-0.2, -0.15) is 0 Å². The van der Waals surface area contributed by atoms with Gasteiger partial charge in [-0.15, -0.1) is 0 Å². The minimum Gasteiger partial charge on any atom is -0.361 e. The van der Waals surface area contributed by atoms with E-state index in [4.69, 9.17) is 23.2 Å². The van der Waals surface area contributed by atoms with Crippen LogP contribution < -0.4 is 0 Å². The number of H-pyrrole nitrogens is 1. The predicted molar refractivity (Wildman–Crippen MR) is 103 cm³/mol. The fourth-order valence-electron chi connectivity index (χ4n) is 3.30. The van der Waals surface area contributed by atoms with Crippen LogP contribution in [0.3, 0.4) is 0 Å². The van der Waals surface area contributed by atoms with Gasteiger partial charge in [-0.1, -0.05) is 47.5 Å². The molecule has 0 bridgehead atoms.